The smallest absolute Gasteiger partial charge is 0.324 e. The van der Waals surface area contributed by atoms with Gasteiger partial charge in [0, 0.05) is 28.7 Å². The number of nitrogens with one attached hydrogen (secondary N) is 2. The van der Waals surface area contributed by atoms with E-state index in [-0.39, 0.29) is 4.90 Å². The molecule has 0 bridgehead atoms. The Kier molecular flexibility index (Phi) is 6.39. The van der Waals surface area contributed by atoms with E-state index < -0.39 is 40.3 Å². The fourth-order valence-electron chi connectivity index (χ4n) is 3.49. The zero-order valence-electron chi connectivity index (χ0n) is 18.2. The number of fused-ring (bicyclic) bond motifs is 2. The first-order chi connectivity index (χ1) is 15.8. The van der Waals surface area contributed by atoms with Crippen LogP contribution in [-0.2, 0) is 19.6 Å². The van der Waals surface area contributed by atoms with Crippen molar-refractivity contribution in [3.05, 3.63) is 54.2 Å². The van der Waals surface area contributed by atoms with E-state index in [4.69, 9.17) is 14.2 Å². The number of benzene rings is 2. The van der Waals surface area contributed by atoms with E-state index in [9.17, 15) is 18.0 Å². The number of rotatable bonds is 8. The van der Waals surface area contributed by atoms with Crippen LogP contribution in [-0.4, -0.2) is 51.0 Å². The average molecular weight is 473 g/mol. The van der Waals surface area contributed by atoms with Gasteiger partial charge in [0.25, 0.3) is 0 Å². The lowest BCUT2D eigenvalue weighted by molar-refractivity contribution is -0.145. The Morgan fingerprint density at radius 1 is 1.09 bits per heavy atom. The number of hydrogen-bond donors (Lipinski definition) is 2. The monoisotopic (exact) mass is 472 g/mol. The number of esters is 1. The van der Waals surface area contributed by atoms with Crippen LogP contribution in [0.25, 0.3) is 10.9 Å². The molecule has 3 aromatic rings. The minimum Gasteiger partial charge on any atom is -0.486 e. The molecule has 0 amide bonds. The highest BCUT2D eigenvalue weighted by molar-refractivity contribution is 7.89. The Morgan fingerprint density at radius 3 is 2.58 bits per heavy atom. The molecule has 0 saturated heterocycles. The van der Waals surface area contributed by atoms with E-state index in [0.29, 0.717) is 30.3 Å². The van der Waals surface area contributed by atoms with E-state index in [0.717, 1.165) is 10.9 Å². The lowest BCUT2D eigenvalue weighted by Gasteiger charge is -2.22. The molecule has 0 unspecified atom stereocenters. The summed E-state index contributed by atoms with van der Waals surface area (Å²) in [6, 6.07) is 10.3. The summed E-state index contributed by atoms with van der Waals surface area (Å²) in [6.07, 6.45) is 1.56. The van der Waals surface area contributed by atoms with Crippen LogP contribution in [0.5, 0.6) is 11.5 Å². The first-order valence-electron chi connectivity index (χ1n) is 10.4. The highest BCUT2D eigenvalue weighted by Gasteiger charge is 2.31. The highest BCUT2D eigenvalue weighted by atomic mass is 32.2. The lowest BCUT2D eigenvalue weighted by atomic mass is 10.1. The highest BCUT2D eigenvalue weighted by Crippen LogP contribution is 2.32. The van der Waals surface area contributed by atoms with Crippen molar-refractivity contribution < 1.29 is 32.2 Å². The largest absolute Gasteiger partial charge is 0.486 e. The molecular formula is C23H24N2O7S. The molecule has 0 aliphatic carbocycles. The van der Waals surface area contributed by atoms with Gasteiger partial charge < -0.3 is 19.2 Å². The fraction of sp³-hybridized carbons (Fsp3) is 0.304. The van der Waals surface area contributed by atoms with E-state index in [1.807, 2.05) is 12.1 Å². The maximum absolute atomic E-state index is 12.9. The van der Waals surface area contributed by atoms with Gasteiger partial charge in [-0.3, -0.25) is 9.59 Å². The molecule has 1 atom stereocenters. The van der Waals surface area contributed by atoms with Gasteiger partial charge in [0.1, 0.15) is 19.3 Å². The van der Waals surface area contributed by atoms with Crippen molar-refractivity contribution in [2.45, 2.75) is 24.8 Å². The number of Topliss-reactive ketones (excluding diaryl/α,β-unsaturated/α-hetero) is 1. The number of carbonyl (C=O) groups is 2. The summed E-state index contributed by atoms with van der Waals surface area (Å²) in [7, 11) is -4.07. The maximum Gasteiger partial charge on any atom is 0.324 e. The van der Waals surface area contributed by atoms with E-state index in [1.165, 1.54) is 18.2 Å². The van der Waals surface area contributed by atoms with Crippen molar-refractivity contribution >= 4 is 32.7 Å². The van der Waals surface area contributed by atoms with Gasteiger partial charge in [-0.25, -0.2) is 8.42 Å². The SMILES string of the molecule is CC(C)[C@@H](NS(=O)(=O)c1ccc2c(c1)OCCO2)C(=O)OCC(=O)c1c[nH]c2ccccc12. The number of H-pyrrole nitrogens is 1. The van der Waals surface area contributed by atoms with E-state index in [2.05, 4.69) is 9.71 Å². The minimum absolute atomic E-state index is 0.0694. The normalized spacial score (nSPS) is 14.3. The fourth-order valence-corrected chi connectivity index (χ4v) is 4.84. The first-order valence-corrected chi connectivity index (χ1v) is 11.9. The van der Waals surface area contributed by atoms with Gasteiger partial charge in [0.15, 0.2) is 18.1 Å². The second-order valence-corrected chi connectivity index (χ2v) is 9.64. The Balaban J connectivity index is 1.45. The molecule has 9 nitrogen and oxygen atoms in total. The summed E-state index contributed by atoms with van der Waals surface area (Å²) in [6.45, 7) is 3.56. The third kappa shape index (κ3) is 4.86. The number of para-hydroxylation sites is 1. The molecule has 0 saturated carbocycles. The number of aromatic amines is 1. The maximum atomic E-state index is 12.9. The molecule has 4 rings (SSSR count). The topological polar surface area (TPSA) is 124 Å². The quantitative estimate of drug-likeness (QED) is 0.382. The van der Waals surface area contributed by atoms with Gasteiger partial charge in [0.05, 0.1) is 4.90 Å². The Bertz CT molecular complexity index is 1300. The molecule has 0 fully saturated rings. The van der Waals surface area contributed by atoms with Crippen molar-refractivity contribution in [1.82, 2.24) is 9.71 Å². The third-order valence-electron chi connectivity index (χ3n) is 5.26. The van der Waals surface area contributed by atoms with E-state index >= 15 is 0 Å². The van der Waals surface area contributed by atoms with Gasteiger partial charge in [-0.05, 0) is 24.1 Å². The number of aromatic nitrogens is 1. The van der Waals surface area contributed by atoms with Gasteiger partial charge in [0.2, 0.25) is 15.8 Å². The van der Waals surface area contributed by atoms with Crippen LogP contribution < -0.4 is 14.2 Å². The lowest BCUT2D eigenvalue weighted by Crippen LogP contribution is -2.45. The molecule has 10 heteroatoms. The summed E-state index contributed by atoms with van der Waals surface area (Å²) < 4.78 is 44.3. The molecule has 0 radical (unpaired) electrons. The van der Waals surface area contributed by atoms with Crippen LogP contribution >= 0.6 is 0 Å². The molecule has 2 aromatic carbocycles. The van der Waals surface area contributed by atoms with E-state index in [1.54, 1.807) is 32.2 Å². The molecular weight excluding hydrogens is 448 g/mol. The van der Waals surface area contributed by atoms with Crippen molar-refractivity contribution in [1.29, 1.82) is 0 Å². The van der Waals surface area contributed by atoms with Crippen LogP contribution in [0.15, 0.2) is 53.6 Å². The molecule has 2 N–H and O–H groups in total. The number of carbonyl (C=O) groups excluding carboxylic acids is 2. The number of hydrogen-bond acceptors (Lipinski definition) is 7. The predicted molar refractivity (Wildman–Crippen MR) is 120 cm³/mol. The van der Waals surface area contributed by atoms with Crippen LogP contribution in [0.4, 0.5) is 0 Å². The van der Waals surface area contributed by atoms with Gasteiger partial charge in [-0.2, -0.15) is 4.72 Å². The van der Waals surface area contributed by atoms with Gasteiger partial charge >= 0.3 is 5.97 Å². The predicted octanol–water partition coefficient (Wildman–Crippen LogP) is 2.67. The van der Waals surface area contributed by atoms with Crippen LogP contribution in [0, 0.1) is 5.92 Å². The van der Waals surface area contributed by atoms with Crippen molar-refractivity contribution in [2.75, 3.05) is 19.8 Å². The van der Waals surface area contributed by atoms with Gasteiger partial charge in [-0.1, -0.05) is 32.0 Å². The number of ether oxygens (including phenoxy) is 3. The molecule has 0 spiro atoms. The molecule has 1 aromatic heterocycles. The van der Waals surface area contributed by atoms with Crippen LogP contribution in [0.1, 0.15) is 24.2 Å². The summed E-state index contributed by atoms with van der Waals surface area (Å²) in [5.74, 6) is -0.877. The number of sulfonamides is 1. The summed E-state index contributed by atoms with van der Waals surface area (Å²) in [5.41, 5.74) is 1.19. The molecule has 174 valence electrons. The zero-order valence-corrected chi connectivity index (χ0v) is 19.0. The average Bonchev–Trinajstić information content (AvgIpc) is 3.24. The van der Waals surface area contributed by atoms with Crippen LogP contribution in [0.3, 0.4) is 0 Å². The molecule has 2 heterocycles. The van der Waals surface area contributed by atoms with Crippen molar-refractivity contribution in [2.24, 2.45) is 5.92 Å². The first kappa shape index (κ1) is 22.8. The summed E-state index contributed by atoms with van der Waals surface area (Å²) in [4.78, 5) is 28.2. The van der Waals surface area contributed by atoms with Crippen molar-refractivity contribution in [3.63, 3.8) is 0 Å². The van der Waals surface area contributed by atoms with Gasteiger partial charge in [-0.15, -0.1) is 0 Å². The summed E-state index contributed by atoms with van der Waals surface area (Å²) >= 11 is 0. The standard InChI is InChI=1S/C23H24N2O7S/c1-14(2)22(25-33(28,29)15-7-8-20-21(11-15)31-10-9-30-20)23(27)32-13-19(26)17-12-24-18-6-4-3-5-16(17)18/h3-8,11-12,14,22,24-25H,9-10,13H2,1-2H3/t22-/m1/s1. The number of ketones is 1. The summed E-state index contributed by atoms with van der Waals surface area (Å²) in [5, 5.41) is 0.721. The second-order valence-electron chi connectivity index (χ2n) is 7.93. The third-order valence-corrected chi connectivity index (χ3v) is 6.70. The Hall–Kier alpha value is -3.37. The molecule has 1 aliphatic heterocycles. The minimum atomic E-state index is -4.07. The van der Waals surface area contributed by atoms with Crippen LogP contribution in [0.2, 0.25) is 0 Å². The zero-order chi connectivity index (χ0) is 23.6. The second kappa shape index (κ2) is 9.24. The Labute approximate surface area is 191 Å². The molecule has 33 heavy (non-hydrogen) atoms. The van der Waals surface area contributed by atoms with Crippen molar-refractivity contribution in [3.8, 4) is 11.5 Å². The Morgan fingerprint density at radius 2 is 1.82 bits per heavy atom. The molecule has 1 aliphatic rings.